The number of rotatable bonds is 3. The summed E-state index contributed by atoms with van der Waals surface area (Å²) >= 11 is 2.78. The first kappa shape index (κ1) is 17.2. The van der Waals surface area contributed by atoms with Crippen LogP contribution in [0, 0.1) is 11.3 Å². The van der Waals surface area contributed by atoms with Crippen LogP contribution in [0.5, 0.6) is 0 Å². The first-order chi connectivity index (χ1) is 11.3. The van der Waals surface area contributed by atoms with Gasteiger partial charge in [0.15, 0.2) is 0 Å². The molecule has 2 aromatic heterocycles. The number of carboxylic acid groups (broad SMARTS) is 1. The van der Waals surface area contributed by atoms with E-state index in [1.54, 1.807) is 6.07 Å². The lowest BCUT2D eigenvalue weighted by Crippen LogP contribution is -2.26. The summed E-state index contributed by atoms with van der Waals surface area (Å²) in [6.07, 6.45) is 2.65. The van der Waals surface area contributed by atoms with Crippen LogP contribution < -0.4 is 5.32 Å². The number of fused-ring (bicyclic) bond motifs is 1. The molecule has 0 aliphatic heterocycles. The van der Waals surface area contributed by atoms with Gasteiger partial charge in [-0.05, 0) is 47.6 Å². The highest BCUT2D eigenvalue weighted by Gasteiger charge is 2.34. The number of amides is 1. The van der Waals surface area contributed by atoms with E-state index in [2.05, 4.69) is 26.1 Å². The predicted octanol–water partition coefficient (Wildman–Crippen LogP) is 4.91. The summed E-state index contributed by atoms with van der Waals surface area (Å²) < 4.78 is 0. The Labute approximate surface area is 149 Å². The number of nitrogens with one attached hydrogen (secondary N) is 1. The molecule has 4 nitrogen and oxygen atoms in total. The third-order valence-corrected chi connectivity index (χ3v) is 6.71. The van der Waals surface area contributed by atoms with Crippen LogP contribution in [0.25, 0.3) is 0 Å². The average Bonchev–Trinajstić information content (AvgIpc) is 3.12. The van der Waals surface area contributed by atoms with Crippen LogP contribution in [-0.2, 0) is 12.8 Å². The van der Waals surface area contributed by atoms with Crippen molar-refractivity contribution in [2.45, 2.75) is 40.0 Å². The van der Waals surface area contributed by atoms with E-state index >= 15 is 0 Å². The molecular weight excluding hydrogens is 342 g/mol. The molecule has 2 heterocycles. The monoisotopic (exact) mass is 363 g/mol. The van der Waals surface area contributed by atoms with Crippen molar-refractivity contribution in [1.29, 1.82) is 0 Å². The molecule has 1 atom stereocenters. The molecule has 1 aliphatic carbocycles. The topological polar surface area (TPSA) is 66.4 Å². The smallest absolute Gasteiger partial charge is 0.339 e. The van der Waals surface area contributed by atoms with Gasteiger partial charge in [0, 0.05) is 4.88 Å². The molecule has 6 heteroatoms. The predicted molar refractivity (Wildman–Crippen MR) is 98.5 cm³/mol. The Bertz CT molecular complexity index is 769. The van der Waals surface area contributed by atoms with E-state index in [4.69, 9.17) is 0 Å². The Kier molecular flexibility index (Phi) is 4.53. The van der Waals surface area contributed by atoms with Gasteiger partial charge in [-0.25, -0.2) is 4.79 Å². The molecule has 1 aliphatic rings. The van der Waals surface area contributed by atoms with Gasteiger partial charge < -0.3 is 10.4 Å². The molecule has 128 valence electrons. The number of hydrogen-bond acceptors (Lipinski definition) is 4. The van der Waals surface area contributed by atoms with Gasteiger partial charge in [-0.3, -0.25) is 4.79 Å². The fourth-order valence-electron chi connectivity index (χ4n) is 3.21. The van der Waals surface area contributed by atoms with Crippen molar-refractivity contribution in [3.63, 3.8) is 0 Å². The van der Waals surface area contributed by atoms with Crippen LogP contribution in [-0.4, -0.2) is 17.0 Å². The molecule has 0 unspecified atom stereocenters. The van der Waals surface area contributed by atoms with Gasteiger partial charge in [0.25, 0.3) is 5.91 Å². The van der Waals surface area contributed by atoms with Crippen LogP contribution >= 0.6 is 22.7 Å². The molecule has 0 saturated carbocycles. The minimum Gasteiger partial charge on any atom is -0.478 e. The largest absolute Gasteiger partial charge is 0.478 e. The fraction of sp³-hybridized carbons (Fsp3) is 0.444. The maximum absolute atomic E-state index is 12.3. The second kappa shape index (κ2) is 6.33. The Balaban J connectivity index is 1.92. The second-order valence-corrected chi connectivity index (χ2v) is 9.30. The Morgan fingerprint density at radius 2 is 2.08 bits per heavy atom. The molecule has 0 fully saturated rings. The molecule has 0 radical (unpaired) electrons. The van der Waals surface area contributed by atoms with Gasteiger partial charge in [0.2, 0.25) is 0 Å². The number of carbonyl (C=O) groups excluding carboxylic acids is 1. The number of thiophene rings is 2. The minimum atomic E-state index is -0.955. The zero-order valence-corrected chi connectivity index (χ0v) is 15.6. The highest BCUT2D eigenvalue weighted by molar-refractivity contribution is 7.17. The average molecular weight is 364 g/mol. The number of aromatic carboxylic acids is 1. The van der Waals surface area contributed by atoms with Crippen LogP contribution in [0.15, 0.2) is 17.5 Å². The Morgan fingerprint density at radius 1 is 1.33 bits per heavy atom. The summed E-state index contributed by atoms with van der Waals surface area (Å²) in [6, 6.07) is 3.55. The normalized spacial score (nSPS) is 17.4. The third-order valence-electron chi connectivity index (χ3n) is 4.68. The summed E-state index contributed by atoms with van der Waals surface area (Å²) in [5.41, 5.74) is 1.40. The van der Waals surface area contributed by atoms with Crippen LogP contribution in [0.3, 0.4) is 0 Å². The van der Waals surface area contributed by atoms with Crippen molar-refractivity contribution in [1.82, 2.24) is 0 Å². The lowest BCUT2D eigenvalue weighted by Gasteiger charge is -2.33. The highest BCUT2D eigenvalue weighted by atomic mass is 32.1. The molecule has 24 heavy (non-hydrogen) atoms. The van der Waals surface area contributed by atoms with Gasteiger partial charge in [0.05, 0.1) is 10.4 Å². The first-order valence-electron chi connectivity index (χ1n) is 8.00. The van der Waals surface area contributed by atoms with Crippen molar-refractivity contribution in [2.24, 2.45) is 11.3 Å². The number of hydrogen-bond donors (Lipinski definition) is 2. The first-order valence-corrected chi connectivity index (χ1v) is 9.69. The molecule has 0 spiro atoms. The third kappa shape index (κ3) is 3.26. The SMILES string of the molecule is CC(C)(C)[C@H]1CCc2c(sc(NC(=O)c3cccs3)c2C(=O)O)C1. The van der Waals surface area contributed by atoms with E-state index in [-0.39, 0.29) is 16.9 Å². The standard InChI is InChI=1S/C18H21NO3S2/c1-18(2,3)10-6-7-11-13(9-10)24-16(14(11)17(21)22)19-15(20)12-5-4-8-23-12/h4-5,8,10H,6-7,9H2,1-3H3,(H,19,20)(H,21,22)/t10-/m0/s1. The fourth-order valence-corrected chi connectivity index (χ4v) is 5.15. The molecule has 0 saturated heterocycles. The number of anilines is 1. The summed E-state index contributed by atoms with van der Waals surface area (Å²) in [5, 5.41) is 14.8. The van der Waals surface area contributed by atoms with Gasteiger partial charge in [-0.1, -0.05) is 26.8 Å². The number of carbonyl (C=O) groups is 2. The van der Waals surface area contributed by atoms with Crippen LogP contribution in [0.2, 0.25) is 0 Å². The van der Waals surface area contributed by atoms with Crippen LogP contribution in [0.1, 0.15) is 57.7 Å². The van der Waals surface area contributed by atoms with Crippen LogP contribution in [0.4, 0.5) is 5.00 Å². The lowest BCUT2D eigenvalue weighted by atomic mass is 9.72. The minimum absolute atomic E-state index is 0.200. The number of carboxylic acids is 1. The summed E-state index contributed by atoms with van der Waals surface area (Å²) in [4.78, 5) is 25.8. The van der Waals surface area contributed by atoms with Crippen molar-refractivity contribution in [3.05, 3.63) is 38.4 Å². The molecule has 0 bridgehead atoms. The van der Waals surface area contributed by atoms with Crippen molar-refractivity contribution < 1.29 is 14.7 Å². The summed E-state index contributed by atoms with van der Waals surface area (Å²) in [5.74, 6) is -0.659. The lowest BCUT2D eigenvalue weighted by molar-refractivity contribution is 0.0696. The zero-order chi connectivity index (χ0) is 17.5. The van der Waals surface area contributed by atoms with Crippen molar-refractivity contribution >= 4 is 39.6 Å². The van der Waals surface area contributed by atoms with E-state index < -0.39 is 5.97 Å². The highest BCUT2D eigenvalue weighted by Crippen LogP contribution is 2.44. The molecule has 3 rings (SSSR count). The van der Waals surface area contributed by atoms with Gasteiger partial charge in [-0.15, -0.1) is 22.7 Å². The van der Waals surface area contributed by atoms with E-state index in [0.717, 1.165) is 29.7 Å². The summed E-state index contributed by atoms with van der Waals surface area (Å²) in [6.45, 7) is 6.69. The van der Waals surface area contributed by atoms with E-state index in [9.17, 15) is 14.7 Å². The zero-order valence-electron chi connectivity index (χ0n) is 14.0. The molecule has 0 aromatic carbocycles. The quantitative estimate of drug-likeness (QED) is 0.814. The second-order valence-electron chi connectivity index (χ2n) is 7.25. The maximum Gasteiger partial charge on any atom is 0.339 e. The Morgan fingerprint density at radius 3 is 2.67 bits per heavy atom. The van der Waals surface area contributed by atoms with Crippen molar-refractivity contribution in [2.75, 3.05) is 5.32 Å². The molecule has 1 amide bonds. The summed E-state index contributed by atoms with van der Waals surface area (Å²) in [7, 11) is 0. The van der Waals surface area contributed by atoms with E-state index in [1.807, 2.05) is 11.4 Å². The Hall–Kier alpha value is -1.66. The van der Waals surface area contributed by atoms with Gasteiger partial charge in [-0.2, -0.15) is 0 Å². The van der Waals surface area contributed by atoms with Crippen molar-refractivity contribution in [3.8, 4) is 0 Å². The molecular formula is C18H21NO3S2. The van der Waals surface area contributed by atoms with Gasteiger partial charge >= 0.3 is 5.97 Å². The molecule has 2 N–H and O–H groups in total. The molecule has 2 aromatic rings. The van der Waals surface area contributed by atoms with E-state index in [1.165, 1.54) is 22.7 Å². The maximum atomic E-state index is 12.3. The van der Waals surface area contributed by atoms with Gasteiger partial charge in [0.1, 0.15) is 5.00 Å². The van der Waals surface area contributed by atoms with E-state index in [0.29, 0.717) is 15.8 Å².